The van der Waals surface area contributed by atoms with E-state index in [1.807, 2.05) is 48.5 Å². The monoisotopic (exact) mass is 444 g/mol. The number of aliphatic carboxylic acids is 1. The molecule has 0 bridgehead atoms. The zero-order chi connectivity index (χ0) is 24.1. The van der Waals surface area contributed by atoms with Crippen molar-refractivity contribution in [2.45, 2.75) is 27.2 Å². The fourth-order valence-electron chi connectivity index (χ4n) is 2.86. The van der Waals surface area contributed by atoms with E-state index in [9.17, 15) is 14.4 Å². The topological polar surface area (TPSA) is 114 Å². The van der Waals surface area contributed by atoms with E-state index >= 15 is 0 Å². The van der Waals surface area contributed by atoms with Gasteiger partial charge in [-0.3, -0.25) is 14.4 Å². The van der Waals surface area contributed by atoms with E-state index < -0.39 is 11.4 Å². The van der Waals surface area contributed by atoms with Gasteiger partial charge >= 0.3 is 5.97 Å². The van der Waals surface area contributed by atoms with Crippen molar-refractivity contribution in [1.29, 1.82) is 0 Å². The molecule has 3 N–H and O–H groups in total. The molecule has 0 saturated carbocycles. The summed E-state index contributed by atoms with van der Waals surface area (Å²) in [5.41, 5.74) is 3.00. The van der Waals surface area contributed by atoms with E-state index in [2.05, 4.69) is 10.6 Å². The number of carboxylic acid groups (broad SMARTS) is 1. The number of hydrogen-bond donors (Lipinski definition) is 3. The first-order valence-electron chi connectivity index (χ1n) is 10.0. The largest absolute Gasteiger partial charge is 0.481 e. The minimum Gasteiger partial charge on any atom is -0.481 e. The lowest BCUT2D eigenvalue weighted by Crippen LogP contribution is -2.36. The van der Waals surface area contributed by atoms with Crippen LogP contribution in [0.2, 0.25) is 0 Å². The molecule has 8 nitrogen and oxygen atoms in total. The zero-order valence-corrected chi connectivity index (χ0v) is 19.2. The smallest absolute Gasteiger partial charge is 0.314 e. The van der Waals surface area contributed by atoms with Crippen LogP contribution in [0.3, 0.4) is 0 Å². The number of benzene rings is 2. The van der Waals surface area contributed by atoms with Crippen molar-refractivity contribution >= 4 is 29.2 Å². The second kappa shape index (κ2) is 13.2. The van der Waals surface area contributed by atoms with Crippen molar-refractivity contribution in [2.24, 2.45) is 5.41 Å². The van der Waals surface area contributed by atoms with Gasteiger partial charge in [-0.1, -0.05) is 24.3 Å². The molecule has 0 radical (unpaired) electrons. The quantitative estimate of drug-likeness (QED) is 0.545. The van der Waals surface area contributed by atoms with Crippen molar-refractivity contribution < 1.29 is 29.0 Å². The van der Waals surface area contributed by atoms with Crippen molar-refractivity contribution in [3.8, 4) is 0 Å². The molecule has 0 heterocycles. The highest BCUT2D eigenvalue weighted by atomic mass is 16.5. The maximum Gasteiger partial charge on any atom is 0.314 e. The standard InChI is InChI=1S/C17H18N2O2.C7H14O4/c1-12(20)18-16-7-3-14(4-8-16)11-15-5-9-17(10-6-15)19-13(2)21;1-7(4-10-2,5-11-3)6(8)9/h3-10H,11H2,1-2H3,(H,18,20)(H,19,21);4-5H2,1-3H3,(H,8,9). The molecule has 0 aromatic heterocycles. The van der Waals surface area contributed by atoms with Gasteiger partial charge in [0.25, 0.3) is 0 Å². The number of methoxy groups -OCH3 is 2. The molecule has 2 rings (SSSR count). The average molecular weight is 445 g/mol. The Labute approximate surface area is 188 Å². The lowest BCUT2D eigenvalue weighted by atomic mass is 9.93. The highest BCUT2D eigenvalue weighted by Gasteiger charge is 2.33. The lowest BCUT2D eigenvalue weighted by Gasteiger charge is -2.22. The van der Waals surface area contributed by atoms with Gasteiger partial charge in [0, 0.05) is 39.4 Å². The van der Waals surface area contributed by atoms with Crippen LogP contribution < -0.4 is 10.6 Å². The fourth-order valence-corrected chi connectivity index (χ4v) is 2.86. The first-order valence-corrected chi connectivity index (χ1v) is 10.0. The van der Waals surface area contributed by atoms with E-state index in [0.29, 0.717) is 0 Å². The Kier molecular flexibility index (Phi) is 11.1. The Hall–Kier alpha value is -3.23. The molecular weight excluding hydrogens is 412 g/mol. The normalized spacial score (nSPS) is 10.5. The molecule has 0 spiro atoms. The van der Waals surface area contributed by atoms with Gasteiger partial charge in [-0.15, -0.1) is 0 Å². The van der Waals surface area contributed by atoms with Gasteiger partial charge in [0.05, 0.1) is 13.2 Å². The number of carbonyl (C=O) groups is 3. The number of amides is 2. The third-order valence-electron chi connectivity index (χ3n) is 4.40. The van der Waals surface area contributed by atoms with Crippen LogP contribution >= 0.6 is 0 Å². The van der Waals surface area contributed by atoms with Crippen molar-refractivity contribution in [2.75, 3.05) is 38.1 Å². The Morgan fingerprint density at radius 1 is 0.781 bits per heavy atom. The SMILES string of the molecule is CC(=O)Nc1ccc(Cc2ccc(NC(C)=O)cc2)cc1.COCC(C)(COC)C(=O)O. The summed E-state index contributed by atoms with van der Waals surface area (Å²) in [5, 5.41) is 14.2. The Bertz CT molecular complexity index is 815. The number of hydrogen-bond acceptors (Lipinski definition) is 5. The second-order valence-electron chi connectivity index (χ2n) is 7.66. The van der Waals surface area contributed by atoms with Crippen LogP contribution in [0.25, 0.3) is 0 Å². The molecule has 0 saturated heterocycles. The molecule has 0 aliphatic rings. The molecule has 0 aliphatic heterocycles. The van der Waals surface area contributed by atoms with E-state index in [-0.39, 0.29) is 25.0 Å². The summed E-state index contributed by atoms with van der Waals surface area (Å²) in [6, 6.07) is 15.5. The fraction of sp³-hybridized carbons (Fsp3) is 0.375. The summed E-state index contributed by atoms with van der Waals surface area (Å²) in [4.78, 5) is 32.6. The summed E-state index contributed by atoms with van der Waals surface area (Å²) < 4.78 is 9.52. The summed E-state index contributed by atoms with van der Waals surface area (Å²) in [6.07, 6.45) is 0.806. The predicted octanol–water partition coefficient (Wildman–Crippen LogP) is 3.56. The van der Waals surface area contributed by atoms with Crippen LogP contribution in [0.4, 0.5) is 11.4 Å². The number of ether oxygens (including phenoxy) is 2. The van der Waals surface area contributed by atoms with E-state index in [1.54, 1.807) is 6.92 Å². The zero-order valence-electron chi connectivity index (χ0n) is 19.2. The summed E-state index contributed by atoms with van der Waals surface area (Å²) in [7, 11) is 2.94. The Morgan fingerprint density at radius 2 is 1.12 bits per heavy atom. The summed E-state index contributed by atoms with van der Waals surface area (Å²) >= 11 is 0. The van der Waals surface area contributed by atoms with E-state index in [0.717, 1.165) is 28.9 Å². The number of rotatable bonds is 9. The minimum absolute atomic E-state index is 0.0729. The second-order valence-corrected chi connectivity index (χ2v) is 7.66. The molecule has 2 aromatic rings. The van der Waals surface area contributed by atoms with Crippen LogP contribution in [0, 0.1) is 5.41 Å². The van der Waals surface area contributed by atoms with Crippen LogP contribution in [-0.4, -0.2) is 50.3 Å². The number of carboxylic acids is 1. The molecule has 2 aromatic carbocycles. The first-order chi connectivity index (χ1) is 15.1. The number of carbonyl (C=O) groups excluding carboxylic acids is 2. The van der Waals surface area contributed by atoms with Crippen molar-refractivity contribution in [3.05, 3.63) is 59.7 Å². The van der Waals surface area contributed by atoms with Crippen LogP contribution in [-0.2, 0) is 30.3 Å². The van der Waals surface area contributed by atoms with Crippen molar-refractivity contribution in [1.82, 2.24) is 0 Å². The molecule has 0 aliphatic carbocycles. The number of nitrogens with one attached hydrogen (secondary N) is 2. The maximum absolute atomic E-state index is 11.0. The summed E-state index contributed by atoms with van der Waals surface area (Å²) in [6.45, 7) is 4.89. The summed E-state index contributed by atoms with van der Waals surface area (Å²) in [5.74, 6) is -1.05. The Balaban J connectivity index is 0.000000396. The molecule has 2 amide bonds. The van der Waals surface area contributed by atoms with Gasteiger partial charge in [-0.25, -0.2) is 0 Å². The third-order valence-corrected chi connectivity index (χ3v) is 4.40. The highest BCUT2D eigenvalue weighted by Crippen LogP contribution is 2.17. The molecule has 8 heteroatoms. The van der Waals surface area contributed by atoms with Gasteiger partial charge in [-0.2, -0.15) is 0 Å². The van der Waals surface area contributed by atoms with E-state index in [4.69, 9.17) is 14.6 Å². The van der Waals surface area contributed by atoms with Gasteiger partial charge < -0.3 is 25.2 Å². The van der Waals surface area contributed by atoms with E-state index in [1.165, 1.54) is 28.1 Å². The van der Waals surface area contributed by atoms with Crippen LogP contribution in [0.5, 0.6) is 0 Å². The third kappa shape index (κ3) is 9.72. The van der Waals surface area contributed by atoms with Gasteiger partial charge in [0.1, 0.15) is 5.41 Å². The van der Waals surface area contributed by atoms with Crippen molar-refractivity contribution in [3.63, 3.8) is 0 Å². The van der Waals surface area contributed by atoms with Gasteiger partial charge in [0.2, 0.25) is 11.8 Å². The molecule has 0 atom stereocenters. The predicted molar refractivity (Wildman–Crippen MR) is 124 cm³/mol. The first kappa shape index (κ1) is 26.8. The molecule has 0 unspecified atom stereocenters. The lowest BCUT2D eigenvalue weighted by molar-refractivity contribution is -0.154. The van der Waals surface area contributed by atoms with Crippen LogP contribution in [0.15, 0.2) is 48.5 Å². The minimum atomic E-state index is -0.927. The Morgan fingerprint density at radius 3 is 1.38 bits per heavy atom. The molecular formula is C24H32N2O6. The maximum atomic E-state index is 11.0. The molecule has 0 fully saturated rings. The average Bonchev–Trinajstić information content (AvgIpc) is 2.71. The van der Waals surface area contributed by atoms with Gasteiger partial charge in [0.15, 0.2) is 0 Å². The molecule has 174 valence electrons. The molecule has 32 heavy (non-hydrogen) atoms. The number of anilines is 2. The van der Waals surface area contributed by atoms with Crippen LogP contribution in [0.1, 0.15) is 31.9 Å². The van der Waals surface area contributed by atoms with Gasteiger partial charge in [-0.05, 0) is 48.7 Å². The highest BCUT2D eigenvalue weighted by molar-refractivity contribution is 5.89.